The fourth-order valence-corrected chi connectivity index (χ4v) is 4.43. The van der Waals surface area contributed by atoms with Gasteiger partial charge in [0.1, 0.15) is 12.4 Å². The number of halogens is 1. The second-order valence-corrected chi connectivity index (χ2v) is 8.39. The molecule has 29 heavy (non-hydrogen) atoms. The average Bonchev–Trinajstić information content (AvgIpc) is 3.14. The number of carbonyl (C=O) groups is 1. The molecule has 0 fully saturated rings. The Morgan fingerprint density at radius 2 is 2.03 bits per heavy atom. The number of para-hydroxylation sites is 1. The monoisotopic (exact) mass is 427 g/mol. The van der Waals surface area contributed by atoms with Crippen molar-refractivity contribution in [3.63, 3.8) is 0 Å². The van der Waals surface area contributed by atoms with Crippen LogP contribution in [0.1, 0.15) is 33.4 Å². The third-order valence-corrected chi connectivity index (χ3v) is 6.17. The van der Waals surface area contributed by atoms with Gasteiger partial charge in [-0.1, -0.05) is 42.8 Å². The van der Waals surface area contributed by atoms with Crippen LogP contribution in [0.2, 0.25) is 5.02 Å². The SMILES string of the molecule is CCN1CCc2nc(NC(=O)c3ccccc3OCc3ccc(Cl)cc3)sc2C1. The van der Waals surface area contributed by atoms with E-state index < -0.39 is 0 Å². The van der Waals surface area contributed by atoms with Crippen LogP contribution in [0.3, 0.4) is 0 Å². The highest BCUT2D eigenvalue weighted by Crippen LogP contribution is 2.29. The first-order chi connectivity index (χ1) is 14.1. The van der Waals surface area contributed by atoms with E-state index in [2.05, 4.69) is 22.1 Å². The lowest BCUT2D eigenvalue weighted by Crippen LogP contribution is -2.29. The van der Waals surface area contributed by atoms with Gasteiger partial charge in [0.15, 0.2) is 5.13 Å². The van der Waals surface area contributed by atoms with E-state index in [1.165, 1.54) is 4.88 Å². The molecule has 0 spiro atoms. The molecule has 7 heteroatoms. The van der Waals surface area contributed by atoms with E-state index in [9.17, 15) is 4.79 Å². The summed E-state index contributed by atoms with van der Waals surface area (Å²) < 4.78 is 5.90. The standard InChI is InChI=1S/C22H22ClN3O2S/c1-2-26-12-11-18-20(13-26)29-22(24-18)25-21(27)17-5-3-4-6-19(17)28-14-15-7-9-16(23)10-8-15/h3-10H,2,11-14H2,1H3,(H,24,25,27). The van der Waals surface area contributed by atoms with Crippen LogP contribution in [-0.4, -0.2) is 28.9 Å². The Balaban J connectivity index is 1.45. The van der Waals surface area contributed by atoms with Crippen LogP contribution in [0, 0.1) is 0 Å². The molecule has 5 nitrogen and oxygen atoms in total. The van der Waals surface area contributed by atoms with Gasteiger partial charge in [-0.05, 0) is 36.4 Å². The van der Waals surface area contributed by atoms with Gasteiger partial charge in [-0.3, -0.25) is 15.0 Å². The smallest absolute Gasteiger partial charge is 0.261 e. The first-order valence-corrected chi connectivity index (χ1v) is 10.8. The van der Waals surface area contributed by atoms with Crippen LogP contribution in [-0.2, 0) is 19.6 Å². The molecule has 0 unspecified atom stereocenters. The number of likely N-dealkylation sites (N-methyl/N-ethyl adjacent to an activating group) is 1. The summed E-state index contributed by atoms with van der Waals surface area (Å²) in [6.07, 6.45) is 0.927. The molecule has 2 aromatic carbocycles. The minimum atomic E-state index is -0.213. The van der Waals surface area contributed by atoms with Crippen molar-refractivity contribution in [2.24, 2.45) is 0 Å². The van der Waals surface area contributed by atoms with Crippen molar-refractivity contribution in [3.8, 4) is 5.75 Å². The third-order valence-electron chi connectivity index (χ3n) is 4.92. The number of fused-ring (bicyclic) bond motifs is 1. The molecular weight excluding hydrogens is 406 g/mol. The molecule has 1 aliphatic heterocycles. The molecule has 1 aliphatic rings. The van der Waals surface area contributed by atoms with Crippen LogP contribution in [0.5, 0.6) is 5.75 Å². The highest BCUT2D eigenvalue weighted by Gasteiger charge is 2.21. The number of carbonyl (C=O) groups excluding carboxylic acids is 1. The van der Waals surface area contributed by atoms with E-state index in [0.29, 0.717) is 28.1 Å². The number of thiazole rings is 1. The summed E-state index contributed by atoms with van der Waals surface area (Å²) >= 11 is 7.48. The van der Waals surface area contributed by atoms with E-state index in [-0.39, 0.29) is 5.91 Å². The van der Waals surface area contributed by atoms with E-state index in [1.54, 1.807) is 23.5 Å². The maximum Gasteiger partial charge on any atom is 0.261 e. The second kappa shape index (κ2) is 8.95. The Morgan fingerprint density at radius 3 is 2.83 bits per heavy atom. The Morgan fingerprint density at radius 1 is 1.24 bits per heavy atom. The topological polar surface area (TPSA) is 54.5 Å². The number of aromatic nitrogens is 1. The van der Waals surface area contributed by atoms with Gasteiger partial charge in [-0.15, -0.1) is 11.3 Å². The highest BCUT2D eigenvalue weighted by atomic mass is 35.5. The number of amides is 1. The normalized spacial score (nSPS) is 13.7. The molecule has 0 radical (unpaired) electrons. The number of nitrogens with zero attached hydrogens (tertiary/aromatic N) is 2. The predicted octanol–water partition coefficient (Wildman–Crippen LogP) is 5.01. The zero-order valence-corrected chi connectivity index (χ0v) is 17.7. The number of anilines is 1. The molecule has 2 heterocycles. The van der Waals surface area contributed by atoms with Gasteiger partial charge in [0, 0.05) is 29.4 Å². The summed E-state index contributed by atoms with van der Waals surface area (Å²) in [5.74, 6) is 0.327. The number of nitrogens with one attached hydrogen (secondary N) is 1. The molecule has 1 N–H and O–H groups in total. The summed E-state index contributed by atoms with van der Waals surface area (Å²) in [4.78, 5) is 21.1. The maximum atomic E-state index is 12.9. The van der Waals surface area contributed by atoms with Crippen molar-refractivity contribution < 1.29 is 9.53 Å². The maximum absolute atomic E-state index is 12.9. The molecule has 0 saturated heterocycles. The van der Waals surface area contributed by atoms with Gasteiger partial charge in [0.05, 0.1) is 11.3 Å². The Labute approximate surface area is 179 Å². The molecule has 0 bridgehead atoms. The van der Waals surface area contributed by atoms with Crippen LogP contribution >= 0.6 is 22.9 Å². The van der Waals surface area contributed by atoms with Crippen molar-refractivity contribution >= 4 is 34.0 Å². The average molecular weight is 428 g/mol. The van der Waals surface area contributed by atoms with E-state index in [0.717, 1.165) is 37.3 Å². The molecule has 0 aliphatic carbocycles. The van der Waals surface area contributed by atoms with Crippen LogP contribution in [0.25, 0.3) is 0 Å². The van der Waals surface area contributed by atoms with E-state index in [1.807, 2.05) is 36.4 Å². The first kappa shape index (κ1) is 19.9. The van der Waals surface area contributed by atoms with E-state index >= 15 is 0 Å². The van der Waals surface area contributed by atoms with Crippen LogP contribution in [0.15, 0.2) is 48.5 Å². The van der Waals surface area contributed by atoms with Gasteiger partial charge in [-0.2, -0.15) is 0 Å². The van der Waals surface area contributed by atoms with Crippen molar-refractivity contribution in [1.29, 1.82) is 0 Å². The van der Waals surface area contributed by atoms with Gasteiger partial charge < -0.3 is 4.74 Å². The second-order valence-electron chi connectivity index (χ2n) is 6.87. The fourth-order valence-electron chi connectivity index (χ4n) is 3.26. The molecule has 0 atom stereocenters. The summed E-state index contributed by atoms with van der Waals surface area (Å²) in [5.41, 5.74) is 2.57. The summed E-state index contributed by atoms with van der Waals surface area (Å²) in [6, 6.07) is 14.7. The molecule has 3 aromatic rings. The third kappa shape index (κ3) is 4.78. The number of ether oxygens (including phenoxy) is 1. The van der Waals surface area contributed by atoms with Gasteiger partial charge in [0.2, 0.25) is 0 Å². The number of benzene rings is 2. The summed E-state index contributed by atoms with van der Waals surface area (Å²) in [7, 11) is 0. The van der Waals surface area contributed by atoms with Crippen molar-refractivity contribution in [2.45, 2.75) is 26.5 Å². The van der Waals surface area contributed by atoms with Gasteiger partial charge in [0.25, 0.3) is 5.91 Å². The Bertz CT molecular complexity index is 1000. The number of hydrogen-bond donors (Lipinski definition) is 1. The molecule has 0 saturated carbocycles. The quantitative estimate of drug-likeness (QED) is 0.601. The Hall–Kier alpha value is -2.41. The highest BCUT2D eigenvalue weighted by molar-refractivity contribution is 7.15. The number of hydrogen-bond acceptors (Lipinski definition) is 5. The molecular formula is C22H22ClN3O2S. The van der Waals surface area contributed by atoms with Crippen LogP contribution < -0.4 is 10.1 Å². The Kier molecular flexibility index (Phi) is 6.13. The summed E-state index contributed by atoms with van der Waals surface area (Å²) in [6.45, 7) is 5.47. The number of rotatable bonds is 6. The van der Waals surface area contributed by atoms with E-state index in [4.69, 9.17) is 16.3 Å². The first-order valence-electron chi connectivity index (χ1n) is 9.61. The minimum Gasteiger partial charge on any atom is -0.488 e. The zero-order chi connectivity index (χ0) is 20.2. The van der Waals surface area contributed by atoms with Crippen molar-refractivity contribution in [2.75, 3.05) is 18.4 Å². The fraction of sp³-hybridized carbons (Fsp3) is 0.273. The minimum absolute atomic E-state index is 0.213. The molecule has 1 amide bonds. The van der Waals surface area contributed by atoms with Crippen LogP contribution in [0.4, 0.5) is 5.13 Å². The summed E-state index contributed by atoms with van der Waals surface area (Å²) in [5, 5.41) is 4.27. The molecule has 150 valence electrons. The largest absolute Gasteiger partial charge is 0.488 e. The lowest BCUT2D eigenvalue weighted by Gasteiger charge is -2.23. The van der Waals surface area contributed by atoms with Gasteiger partial charge >= 0.3 is 0 Å². The molecule has 4 rings (SSSR count). The predicted molar refractivity (Wildman–Crippen MR) is 117 cm³/mol. The van der Waals surface area contributed by atoms with Crippen molar-refractivity contribution in [3.05, 3.63) is 75.3 Å². The molecule has 1 aromatic heterocycles. The zero-order valence-electron chi connectivity index (χ0n) is 16.2. The van der Waals surface area contributed by atoms with Crippen molar-refractivity contribution in [1.82, 2.24) is 9.88 Å². The lowest BCUT2D eigenvalue weighted by atomic mass is 10.2. The van der Waals surface area contributed by atoms with Gasteiger partial charge in [-0.25, -0.2) is 4.98 Å². The lowest BCUT2D eigenvalue weighted by molar-refractivity contribution is 0.102.